The Labute approximate surface area is 119 Å². The first-order chi connectivity index (χ1) is 9.79. The molecule has 0 aromatic heterocycles. The van der Waals surface area contributed by atoms with E-state index in [1.807, 2.05) is 0 Å². The van der Waals surface area contributed by atoms with Gasteiger partial charge in [0.25, 0.3) is 0 Å². The molecule has 1 aromatic carbocycles. The predicted molar refractivity (Wildman–Crippen MR) is 67.9 cm³/mol. The second-order valence-corrected chi connectivity index (χ2v) is 4.05. The molecular formula is C13H14F2N2O4. The number of carbonyl (C=O) groups is 1. The molecule has 0 fully saturated rings. The van der Waals surface area contributed by atoms with Gasteiger partial charge in [0.1, 0.15) is 6.04 Å². The normalized spacial score (nSPS) is 12.4. The number of benzene rings is 1. The van der Waals surface area contributed by atoms with E-state index >= 15 is 0 Å². The largest absolute Gasteiger partial charge is 0.504 e. The highest BCUT2D eigenvalue weighted by Gasteiger charge is 2.49. The molecular weight excluding hydrogens is 286 g/mol. The van der Waals surface area contributed by atoms with E-state index in [1.54, 1.807) is 6.07 Å². The lowest BCUT2D eigenvalue weighted by atomic mass is 9.98. The molecule has 1 rings (SSSR count). The maximum absolute atomic E-state index is 13.9. The van der Waals surface area contributed by atoms with Gasteiger partial charge in [-0.05, 0) is 13.0 Å². The van der Waals surface area contributed by atoms with Crippen molar-refractivity contribution in [1.82, 2.24) is 0 Å². The van der Waals surface area contributed by atoms with Crippen LogP contribution in [0.1, 0.15) is 24.1 Å². The molecule has 3 N–H and O–H groups in total. The van der Waals surface area contributed by atoms with E-state index in [4.69, 9.17) is 15.7 Å². The Balaban J connectivity index is 3.32. The number of aromatic hydroxyl groups is 1. The van der Waals surface area contributed by atoms with E-state index in [9.17, 15) is 18.7 Å². The molecule has 8 heteroatoms. The van der Waals surface area contributed by atoms with E-state index in [0.717, 1.165) is 12.1 Å². The van der Waals surface area contributed by atoms with E-state index in [-0.39, 0.29) is 17.9 Å². The molecule has 0 heterocycles. The van der Waals surface area contributed by atoms with Gasteiger partial charge in [0, 0.05) is 11.6 Å². The fourth-order valence-electron chi connectivity index (χ4n) is 1.64. The van der Waals surface area contributed by atoms with E-state index in [1.165, 1.54) is 14.0 Å². The van der Waals surface area contributed by atoms with Crippen LogP contribution in [0.25, 0.3) is 0 Å². The van der Waals surface area contributed by atoms with Crippen molar-refractivity contribution in [2.24, 2.45) is 5.73 Å². The van der Waals surface area contributed by atoms with Gasteiger partial charge in [-0.25, -0.2) is 4.79 Å². The summed E-state index contributed by atoms with van der Waals surface area (Å²) in [5, 5.41) is 18.7. The molecule has 0 aliphatic rings. The van der Waals surface area contributed by atoms with Crippen LogP contribution in [0.15, 0.2) is 12.1 Å². The van der Waals surface area contributed by atoms with Gasteiger partial charge in [0.05, 0.1) is 25.3 Å². The molecule has 0 unspecified atom stereocenters. The number of nitrogens with zero attached hydrogens (tertiary/aromatic N) is 1. The van der Waals surface area contributed by atoms with Gasteiger partial charge in [0.2, 0.25) is 0 Å². The smallest absolute Gasteiger partial charge is 0.379 e. The number of methoxy groups -OCH3 is 1. The van der Waals surface area contributed by atoms with Crippen molar-refractivity contribution >= 4 is 5.97 Å². The van der Waals surface area contributed by atoms with Crippen LogP contribution < -0.4 is 10.5 Å². The maximum atomic E-state index is 13.9. The highest BCUT2D eigenvalue weighted by atomic mass is 19.3. The number of hydrogen-bond acceptors (Lipinski definition) is 6. The van der Waals surface area contributed by atoms with Crippen molar-refractivity contribution in [2.45, 2.75) is 18.9 Å². The summed E-state index contributed by atoms with van der Waals surface area (Å²) in [5.74, 6) is -6.72. The first-order valence-electron chi connectivity index (χ1n) is 5.91. The number of phenolic OH excluding ortho intramolecular Hbond substituents is 1. The molecule has 0 bridgehead atoms. The summed E-state index contributed by atoms with van der Waals surface area (Å²) in [4.78, 5) is 11.3. The second-order valence-electron chi connectivity index (χ2n) is 4.05. The zero-order valence-electron chi connectivity index (χ0n) is 11.4. The van der Waals surface area contributed by atoms with Gasteiger partial charge in [-0.2, -0.15) is 14.0 Å². The van der Waals surface area contributed by atoms with Crippen molar-refractivity contribution < 1.29 is 28.2 Å². The molecule has 1 atom stereocenters. The number of hydrogen-bond donors (Lipinski definition) is 2. The Kier molecular flexibility index (Phi) is 5.05. The monoisotopic (exact) mass is 300 g/mol. The van der Waals surface area contributed by atoms with Crippen molar-refractivity contribution in [3.05, 3.63) is 23.3 Å². The van der Waals surface area contributed by atoms with Gasteiger partial charge in [-0.15, -0.1) is 0 Å². The van der Waals surface area contributed by atoms with Crippen molar-refractivity contribution in [2.75, 3.05) is 13.7 Å². The maximum Gasteiger partial charge on any atom is 0.379 e. The highest BCUT2D eigenvalue weighted by molar-refractivity contribution is 5.79. The number of esters is 1. The Morgan fingerprint density at radius 1 is 1.57 bits per heavy atom. The second kappa shape index (κ2) is 6.37. The number of phenols is 1. The fourth-order valence-corrected chi connectivity index (χ4v) is 1.64. The number of rotatable bonds is 5. The minimum atomic E-state index is -4.06. The topological polar surface area (TPSA) is 106 Å². The summed E-state index contributed by atoms with van der Waals surface area (Å²) in [6.07, 6.45) is 0. The summed E-state index contributed by atoms with van der Waals surface area (Å²) in [5.41, 5.74) is 4.85. The molecule has 6 nitrogen and oxygen atoms in total. The van der Waals surface area contributed by atoms with E-state index in [0.29, 0.717) is 0 Å². The van der Waals surface area contributed by atoms with E-state index < -0.39 is 29.2 Å². The van der Waals surface area contributed by atoms with Gasteiger partial charge in [-0.1, -0.05) is 0 Å². The predicted octanol–water partition coefficient (Wildman–Crippen LogP) is 1.47. The van der Waals surface area contributed by atoms with Crippen LogP contribution in [0.4, 0.5) is 8.78 Å². The zero-order chi connectivity index (χ0) is 16.2. The van der Waals surface area contributed by atoms with Gasteiger partial charge < -0.3 is 20.3 Å². The Morgan fingerprint density at radius 3 is 2.67 bits per heavy atom. The summed E-state index contributed by atoms with van der Waals surface area (Å²) in [6, 6.07) is 1.67. The van der Waals surface area contributed by atoms with Crippen LogP contribution in [-0.2, 0) is 9.53 Å². The third-order valence-electron chi connectivity index (χ3n) is 2.73. The fraction of sp³-hybridized carbons (Fsp3) is 0.385. The molecule has 0 saturated carbocycles. The molecule has 1 aromatic rings. The first kappa shape index (κ1) is 16.7. The molecule has 21 heavy (non-hydrogen) atoms. The third-order valence-corrected chi connectivity index (χ3v) is 2.73. The number of nitriles is 1. The van der Waals surface area contributed by atoms with Crippen LogP contribution in [0, 0.1) is 11.3 Å². The minimum absolute atomic E-state index is 0.0465. The van der Waals surface area contributed by atoms with Crippen molar-refractivity contribution in [3.8, 4) is 17.6 Å². The molecule has 0 saturated heterocycles. The van der Waals surface area contributed by atoms with Gasteiger partial charge in [0.15, 0.2) is 11.5 Å². The van der Waals surface area contributed by atoms with Crippen LogP contribution in [-0.4, -0.2) is 30.7 Å². The lowest BCUT2D eigenvalue weighted by molar-refractivity contribution is -0.174. The molecule has 0 spiro atoms. The molecule has 0 aliphatic heterocycles. The minimum Gasteiger partial charge on any atom is -0.504 e. The number of alkyl halides is 2. The number of nitrogens with two attached hydrogens (primary N) is 1. The standard InChI is InChI=1S/C13H14F2N2O4/c1-3-21-12(19)13(14,15)11(17)8-4-7(6-16)5-9(20-2)10(8)18/h4-5,11,18H,3,17H2,1-2H3/t11-/m0/s1. The Morgan fingerprint density at radius 2 is 2.19 bits per heavy atom. The Bertz CT molecular complexity index is 584. The first-order valence-corrected chi connectivity index (χ1v) is 5.91. The lowest BCUT2D eigenvalue weighted by Crippen LogP contribution is -2.41. The summed E-state index contributed by atoms with van der Waals surface area (Å²) in [7, 11) is 1.19. The van der Waals surface area contributed by atoms with Crippen LogP contribution in [0.2, 0.25) is 0 Å². The summed E-state index contributed by atoms with van der Waals surface area (Å²) >= 11 is 0. The van der Waals surface area contributed by atoms with Crippen LogP contribution in [0.5, 0.6) is 11.5 Å². The summed E-state index contributed by atoms with van der Waals surface area (Å²) < 4.78 is 36.8. The number of ether oxygens (including phenoxy) is 2. The van der Waals surface area contributed by atoms with Crippen molar-refractivity contribution in [1.29, 1.82) is 5.26 Å². The zero-order valence-corrected chi connectivity index (χ0v) is 11.4. The number of carbonyl (C=O) groups excluding carboxylic acids is 1. The molecule has 0 amide bonds. The van der Waals surface area contributed by atoms with Crippen molar-refractivity contribution in [3.63, 3.8) is 0 Å². The van der Waals surface area contributed by atoms with Gasteiger partial charge in [-0.3, -0.25) is 0 Å². The molecule has 0 radical (unpaired) electrons. The summed E-state index contributed by atoms with van der Waals surface area (Å²) in [6.45, 7) is 1.13. The third kappa shape index (κ3) is 3.20. The average molecular weight is 300 g/mol. The van der Waals surface area contributed by atoms with Crippen LogP contribution in [0.3, 0.4) is 0 Å². The lowest BCUT2D eigenvalue weighted by Gasteiger charge is -2.23. The van der Waals surface area contributed by atoms with E-state index in [2.05, 4.69) is 4.74 Å². The Hall–Kier alpha value is -2.40. The average Bonchev–Trinajstić information content (AvgIpc) is 2.46. The van der Waals surface area contributed by atoms with Crippen LogP contribution >= 0.6 is 0 Å². The molecule has 0 aliphatic carbocycles. The SMILES string of the molecule is CCOC(=O)C(F)(F)[C@@H](N)c1cc(C#N)cc(OC)c1O. The molecule has 114 valence electrons. The number of halogens is 2. The van der Waals surface area contributed by atoms with Gasteiger partial charge >= 0.3 is 11.9 Å². The highest BCUT2D eigenvalue weighted by Crippen LogP contribution is 2.40. The quantitative estimate of drug-likeness (QED) is 0.798.